The Bertz CT molecular complexity index is 699. The van der Waals surface area contributed by atoms with Crippen molar-refractivity contribution < 1.29 is 13.2 Å². The van der Waals surface area contributed by atoms with Crippen LogP contribution < -0.4 is 16.6 Å². The summed E-state index contributed by atoms with van der Waals surface area (Å²) in [5, 5.41) is 2.55. The number of alkyl halides is 3. The molecule has 1 aromatic carbocycles. The Hall–Kier alpha value is -2.22. The Morgan fingerprint density at radius 1 is 1.35 bits per heavy atom. The Labute approximate surface area is 115 Å². The molecule has 0 amide bonds. The molecular formula is C11H8ClF3N4O. The van der Waals surface area contributed by atoms with E-state index in [2.05, 4.69) is 15.3 Å². The van der Waals surface area contributed by atoms with Crippen LogP contribution in [0.15, 0.2) is 29.3 Å². The zero-order valence-corrected chi connectivity index (χ0v) is 10.5. The maximum absolute atomic E-state index is 12.6. The molecule has 4 N–H and O–H groups in total. The molecule has 0 saturated carbocycles. The number of benzene rings is 1. The molecule has 0 unspecified atom stereocenters. The lowest BCUT2D eigenvalue weighted by atomic mass is 10.2. The number of nitrogen functional groups attached to an aromatic ring is 1. The molecule has 0 aliphatic rings. The fourth-order valence-corrected chi connectivity index (χ4v) is 1.60. The number of halogens is 4. The molecule has 2 rings (SSSR count). The molecule has 0 saturated heterocycles. The van der Waals surface area contributed by atoms with E-state index >= 15 is 0 Å². The molecule has 0 spiro atoms. The first-order valence-corrected chi connectivity index (χ1v) is 5.64. The third-order valence-electron chi connectivity index (χ3n) is 2.44. The molecule has 5 nitrogen and oxygen atoms in total. The molecule has 106 valence electrons. The van der Waals surface area contributed by atoms with E-state index in [4.69, 9.17) is 17.3 Å². The highest BCUT2D eigenvalue weighted by Crippen LogP contribution is 2.34. The summed E-state index contributed by atoms with van der Waals surface area (Å²) in [6.07, 6.45) is -3.43. The Balaban J connectivity index is 2.43. The fraction of sp³-hybridized carbons (Fsp3) is 0.0909. The van der Waals surface area contributed by atoms with Crippen LogP contribution in [0.25, 0.3) is 0 Å². The third kappa shape index (κ3) is 2.85. The number of aromatic nitrogens is 2. The topological polar surface area (TPSA) is 83.8 Å². The van der Waals surface area contributed by atoms with E-state index in [-0.39, 0.29) is 22.2 Å². The van der Waals surface area contributed by atoms with E-state index < -0.39 is 17.3 Å². The van der Waals surface area contributed by atoms with Gasteiger partial charge in [0.1, 0.15) is 5.69 Å². The molecule has 9 heteroatoms. The summed E-state index contributed by atoms with van der Waals surface area (Å²) in [4.78, 5) is 17.2. The average Bonchev–Trinajstić information content (AvgIpc) is 2.36. The minimum atomic E-state index is -4.51. The maximum Gasteiger partial charge on any atom is 0.416 e. The summed E-state index contributed by atoms with van der Waals surface area (Å²) in [6, 6.07) is 2.75. The van der Waals surface area contributed by atoms with Gasteiger partial charge in [0.25, 0.3) is 5.56 Å². The van der Waals surface area contributed by atoms with E-state index in [1.54, 1.807) is 0 Å². The number of rotatable bonds is 2. The van der Waals surface area contributed by atoms with Gasteiger partial charge in [0.15, 0.2) is 5.82 Å². The molecule has 2 aromatic rings. The predicted molar refractivity (Wildman–Crippen MR) is 69.0 cm³/mol. The van der Waals surface area contributed by atoms with Crippen LogP contribution in [0, 0.1) is 0 Å². The van der Waals surface area contributed by atoms with Gasteiger partial charge in [-0.3, -0.25) is 4.79 Å². The van der Waals surface area contributed by atoms with Gasteiger partial charge in [0, 0.05) is 0 Å². The molecule has 0 bridgehead atoms. The largest absolute Gasteiger partial charge is 0.416 e. The molecule has 1 aromatic heterocycles. The van der Waals surface area contributed by atoms with Crippen LogP contribution >= 0.6 is 11.6 Å². The number of aromatic amines is 1. The van der Waals surface area contributed by atoms with Crippen LogP contribution in [0.2, 0.25) is 5.02 Å². The van der Waals surface area contributed by atoms with Crippen molar-refractivity contribution in [2.75, 3.05) is 11.1 Å². The van der Waals surface area contributed by atoms with Crippen LogP contribution in [-0.4, -0.2) is 9.97 Å². The summed E-state index contributed by atoms with van der Waals surface area (Å²) in [5.41, 5.74) is 3.68. The van der Waals surface area contributed by atoms with Gasteiger partial charge in [-0.05, 0) is 18.2 Å². The van der Waals surface area contributed by atoms with Crippen molar-refractivity contribution in [3.8, 4) is 0 Å². The first-order valence-electron chi connectivity index (χ1n) is 5.26. The van der Waals surface area contributed by atoms with Gasteiger partial charge in [0.2, 0.25) is 0 Å². The van der Waals surface area contributed by atoms with Crippen molar-refractivity contribution in [3.05, 3.63) is 45.5 Å². The lowest BCUT2D eigenvalue weighted by Gasteiger charge is -2.12. The number of nitrogens with two attached hydrogens (primary N) is 1. The van der Waals surface area contributed by atoms with Crippen molar-refractivity contribution in [3.63, 3.8) is 0 Å². The zero-order valence-electron chi connectivity index (χ0n) is 9.75. The van der Waals surface area contributed by atoms with Gasteiger partial charge >= 0.3 is 6.18 Å². The number of hydrogen-bond acceptors (Lipinski definition) is 4. The Morgan fingerprint density at radius 3 is 2.70 bits per heavy atom. The Kier molecular flexibility index (Phi) is 3.58. The summed E-state index contributed by atoms with van der Waals surface area (Å²) < 4.78 is 37.8. The number of nitrogens with one attached hydrogen (secondary N) is 2. The maximum atomic E-state index is 12.6. The molecule has 0 radical (unpaired) electrons. The SMILES string of the molecule is Nc1c(Nc2cc(C(F)(F)F)ccc2Cl)nc[nH]c1=O. The standard InChI is InChI=1S/C11H8ClF3N4O/c12-6-2-1-5(11(13,14)15)3-7(6)19-9-8(16)10(20)18-4-17-9/h1-4H,16H2,(H2,17,18,19,20). The van der Waals surface area contributed by atoms with Crippen molar-refractivity contribution in [1.82, 2.24) is 9.97 Å². The monoisotopic (exact) mass is 304 g/mol. The summed E-state index contributed by atoms with van der Waals surface area (Å²) >= 11 is 5.80. The van der Waals surface area contributed by atoms with E-state index in [0.29, 0.717) is 0 Å². The highest BCUT2D eigenvalue weighted by molar-refractivity contribution is 6.33. The van der Waals surface area contributed by atoms with Crippen molar-refractivity contribution in [1.29, 1.82) is 0 Å². The van der Waals surface area contributed by atoms with Crippen molar-refractivity contribution in [2.45, 2.75) is 6.18 Å². The predicted octanol–water partition coefficient (Wildman–Crippen LogP) is 2.77. The number of anilines is 3. The van der Waals surface area contributed by atoms with Gasteiger partial charge in [-0.25, -0.2) is 4.98 Å². The lowest BCUT2D eigenvalue weighted by Crippen LogP contribution is -2.15. The summed E-state index contributed by atoms with van der Waals surface area (Å²) in [5.74, 6) is -0.0741. The zero-order chi connectivity index (χ0) is 14.9. The number of hydrogen-bond donors (Lipinski definition) is 3. The second-order valence-corrected chi connectivity index (χ2v) is 4.22. The molecule has 0 aliphatic heterocycles. The molecule has 20 heavy (non-hydrogen) atoms. The van der Waals surface area contributed by atoms with E-state index in [9.17, 15) is 18.0 Å². The number of H-pyrrole nitrogens is 1. The highest BCUT2D eigenvalue weighted by atomic mass is 35.5. The molecule has 0 fully saturated rings. The normalized spacial score (nSPS) is 11.4. The summed E-state index contributed by atoms with van der Waals surface area (Å²) in [7, 11) is 0. The van der Waals surface area contributed by atoms with E-state index in [1.165, 1.54) is 0 Å². The van der Waals surface area contributed by atoms with E-state index in [0.717, 1.165) is 24.5 Å². The van der Waals surface area contributed by atoms with E-state index in [1.807, 2.05) is 0 Å². The minimum absolute atomic E-state index is 0.0412. The highest BCUT2D eigenvalue weighted by Gasteiger charge is 2.31. The smallest absolute Gasteiger partial charge is 0.391 e. The van der Waals surface area contributed by atoms with Gasteiger partial charge < -0.3 is 16.0 Å². The van der Waals surface area contributed by atoms with Crippen molar-refractivity contribution in [2.24, 2.45) is 0 Å². The minimum Gasteiger partial charge on any atom is -0.391 e. The van der Waals surface area contributed by atoms with Crippen molar-refractivity contribution >= 4 is 28.8 Å². The lowest BCUT2D eigenvalue weighted by molar-refractivity contribution is -0.137. The van der Waals surface area contributed by atoms with Crippen LogP contribution in [0.3, 0.4) is 0 Å². The second-order valence-electron chi connectivity index (χ2n) is 3.81. The first kappa shape index (κ1) is 14.2. The quantitative estimate of drug-likeness (QED) is 0.796. The molecule has 0 atom stereocenters. The van der Waals surface area contributed by atoms with Gasteiger partial charge in [0.05, 0.1) is 22.6 Å². The van der Waals surface area contributed by atoms with Gasteiger partial charge in [-0.1, -0.05) is 11.6 Å². The third-order valence-corrected chi connectivity index (χ3v) is 2.77. The van der Waals surface area contributed by atoms with Crippen LogP contribution in [-0.2, 0) is 6.18 Å². The molecule has 1 heterocycles. The average molecular weight is 305 g/mol. The van der Waals surface area contributed by atoms with Crippen LogP contribution in [0.4, 0.5) is 30.4 Å². The molecule has 0 aliphatic carbocycles. The van der Waals surface area contributed by atoms with Crippen LogP contribution in [0.1, 0.15) is 5.56 Å². The second kappa shape index (κ2) is 5.04. The number of nitrogens with zero attached hydrogens (tertiary/aromatic N) is 1. The Morgan fingerprint density at radius 2 is 2.05 bits per heavy atom. The fourth-order valence-electron chi connectivity index (χ4n) is 1.43. The van der Waals surface area contributed by atoms with Gasteiger partial charge in [-0.2, -0.15) is 13.2 Å². The summed E-state index contributed by atoms with van der Waals surface area (Å²) in [6.45, 7) is 0. The molecular weight excluding hydrogens is 297 g/mol. The first-order chi connectivity index (χ1) is 9.29. The van der Waals surface area contributed by atoms with Crippen LogP contribution in [0.5, 0.6) is 0 Å². The van der Waals surface area contributed by atoms with Gasteiger partial charge in [-0.15, -0.1) is 0 Å².